The van der Waals surface area contributed by atoms with E-state index in [1.165, 1.54) is 128 Å². The molecule has 0 aromatic heterocycles. The fraction of sp³-hybridized carbons (Fsp3) is 0.901. The molecule has 4 saturated heterocycles. The lowest BCUT2D eigenvalue weighted by atomic mass is 9.90. The van der Waals surface area contributed by atoms with Crippen LogP contribution in [0.25, 0.3) is 0 Å². The molecule has 0 bridgehead atoms. The van der Waals surface area contributed by atoms with Crippen LogP contribution in [-0.4, -0.2) is 268 Å². The summed E-state index contributed by atoms with van der Waals surface area (Å²) in [5.41, 5.74) is 0. The highest BCUT2D eigenvalue weighted by Crippen LogP contribution is 2.40. The Morgan fingerprint density at radius 1 is 0.525 bits per heavy atom. The summed E-state index contributed by atoms with van der Waals surface area (Å²) in [5, 5.41) is 170. The molecule has 4 fully saturated rings. The number of aliphatic carboxylic acids is 1. The molecule has 0 saturated carbocycles. The van der Waals surface area contributed by atoms with E-state index in [2.05, 4.69) is 36.6 Å². The fourth-order valence-electron chi connectivity index (χ4n) is 13.2. The molecule has 0 aromatic carbocycles. The number of carboxylic acids is 1. The standard InChI is InChI=1S/C71H128N2O26/c1-4-6-8-10-12-14-16-18-19-20-21-22-23-24-25-27-29-31-33-35-37-39-54(82)73-47(48(79)38-36-34-32-30-28-26-17-15-13-11-9-7-5-2)45-92-68-61(88)60(87)63(52(43-76)94-68)96-69-62(89)66(99-71(70(90)91)40-49(80)56(83)65(98-71)57(84)50(81)41-74)64(53(44-77)95-69)97-67-55(72-46(3)78)59(86)58(85)51(42-75)93-67/h18-19,36,38,47-53,55-69,74-77,79-81,83-89H,4-17,20-35,37,39-45H2,1-3H3,(H,72,78)(H,73,82)(H,90,91)/b19-18-,38-36+/t47-,48+,49?,50+,51?,52?,53?,55?,56+,57+,58-,59+,60+,61?,62?,63+,64-,65?,66+,67-,68+,69-,71-/m0/s1. The lowest BCUT2D eigenvalue weighted by Gasteiger charge is -2.52. The third-order valence-corrected chi connectivity index (χ3v) is 19.2. The molecule has 28 nitrogen and oxygen atoms in total. The number of rotatable bonds is 53. The van der Waals surface area contributed by atoms with Crippen LogP contribution in [0.1, 0.15) is 233 Å². The average Bonchev–Trinajstić information content (AvgIpc) is 0.759. The van der Waals surface area contributed by atoms with Crippen LogP contribution in [0.3, 0.4) is 0 Å². The zero-order chi connectivity index (χ0) is 72.7. The second-order valence-electron chi connectivity index (χ2n) is 27.5. The number of allylic oxidation sites excluding steroid dienone is 3. The largest absolute Gasteiger partial charge is 0.477 e. The highest BCUT2D eigenvalue weighted by Gasteiger charge is 2.61. The fourth-order valence-corrected chi connectivity index (χ4v) is 13.2. The minimum absolute atomic E-state index is 0.162. The molecule has 99 heavy (non-hydrogen) atoms. The van der Waals surface area contributed by atoms with Gasteiger partial charge in [-0.05, 0) is 44.9 Å². The molecule has 578 valence electrons. The van der Waals surface area contributed by atoms with Crippen LogP contribution in [0, 0.1) is 0 Å². The minimum Gasteiger partial charge on any atom is -0.477 e. The first-order chi connectivity index (χ1) is 47.6. The van der Waals surface area contributed by atoms with Crippen LogP contribution in [0.2, 0.25) is 0 Å². The van der Waals surface area contributed by atoms with Crippen molar-refractivity contribution in [2.75, 3.05) is 33.0 Å². The van der Waals surface area contributed by atoms with Gasteiger partial charge in [0.25, 0.3) is 5.79 Å². The highest BCUT2D eigenvalue weighted by atomic mass is 16.8. The SMILES string of the molecule is CCCCCCCC/C=C\CCCCCCCCCCCCCC(=O)N[C@@H](CO[C@@H]1OC(CO)[C@@H](O[C@@H]2OC(CO)[C@H](O[C@@H]3OC(CO)[C@H](O)[C@H](O)C3NC(C)=O)[C@H](O[C@]3(C(=O)O)CC(O)[C@@H](O)C([C@H](O)[C@H](O)CO)O3)C2O)[C@H](O)C1O)[C@H](O)/C=C/CCCCCCCCCCCCC. The van der Waals surface area contributed by atoms with Crippen molar-refractivity contribution in [2.24, 2.45) is 0 Å². The molecule has 17 N–H and O–H groups in total. The molecule has 4 aliphatic rings. The van der Waals surface area contributed by atoms with Crippen molar-refractivity contribution in [1.29, 1.82) is 0 Å². The van der Waals surface area contributed by atoms with Gasteiger partial charge in [0.2, 0.25) is 11.8 Å². The Labute approximate surface area is 585 Å². The summed E-state index contributed by atoms with van der Waals surface area (Å²) < 4.78 is 47.4. The van der Waals surface area contributed by atoms with Gasteiger partial charge >= 0.3 is 5.97 Å². The number of carbonyl (C=O) groups excluding carboxylic acids is 2. The average molecular weight is 1430 g/mol. The molecular weight excluding hydrogens is 1300 g/mol. The van der Waals surface area contributed by atoms with Gasteiger partial charge in [0.15, 0.2) is 18.9 Å². The maximum Gasteiger partial charge on any atom is 0.364 e. The van der Waals surface area contributed by atoms with Gasteiger partial charge in [0, 0.05) is 19.8 Å². The summed E-state index contributed by atoms with van der Waals surface area (Å²) >= 11 is 0. The number of nitrogens with one attached hydrogen (secondary N) is 2. The molecule has 0 radical (unpaired) electrons. The Kier molecular flexibility index (Phi) is 44.4. The predicted molar refractivity (Wildman–Crippen MR) is 362 cm³/mol. The van der Waals surface area contributed by atoms with E-state index in [-0.39, 0.29) is 12.3 Å². The molecule has 0 aliphatic carbocycles. The Hall–Kier alpha value is -2.99. The number of ether oxygens (including phenoxy) is 8. The number of amides is 2. The number of hydrogen-bond acceptors (Lipinski definition) is 25. The molecule has 2 amide bonds. The maximum atomic E-state index is 13.6. The lowest BCUT2D eigenvalue weighted by molar-refractivity contribution is -0.403. The number of unbranched alkanes of at least 4 members (excludes halogenated alkanes) is 28. The van der Waals surface area contributed by atoms with Gasteiger partial charge < -0.3 is 125 Å². The van der Waals surface area contributed by atoms with Crippen molar-refractivity contribution in [1.82, 2.24) is 10.6 Å². The Morgan fingerprint density at radius 3 is 1.48 bits per heavy atom. The third kappa shape index (κ3) is 30.2. The summed E-state index contributed by atoms with van der Waals surface area (Å²) in [6.07, 6.45) is 2.61. The van der Waals surface area contributed by atoms with E-state index in [9.17, 15) is 91.0 Å². The van der Waals surface area contributed by atoms with E-state index < -0.39 is 192 Å². The lowest BCUT2D eigenvalue weighted by Crippen LogP contribution is -2.71. The molecule has 4 rings (SSSR count). The van der Waals surface area contributed by atoms with Crippen molar-refractivity contribution in [3.05, 3.63) is 24.3 Å². The zero-order valence-electron chi connectivity index (χ0n) is 59.1. The quantitative estimate of drug-likeness (QED) is 0.0307. The highest BCUT2D eigenvalue weighted by molar-refractivity contribution is 5.76. The second-order valence-corrected chi connectivity index (χ2v) is 27.5. The van der Waals surface area contributed by atoms with Gasteiger partial charge in [-0.2, -0.15) is 0 Å². The van der Waals surface area contributed by atoms with Gasteiger partial charge in [-0.1, -0.05) is 192 Å². The molecule has 0 aromatic rings. The predicted octanol–water partition coefficient (Wildman–Crippen LogP) is 3.11. The van der Waals surface area contributed by atoms with Gasteiger partial charge in [-0.15, -0.1) is 0 Å². The summed E-state index contributed by atoms with van der Waals surface area (Å²) in [5.74, 6) is -6.54. The van der Waals surface area contributed by atoms with Crippen molar-refractivity contribution in [3.8, 4) is 0 Å². The smallest absolute Gasteiger partial charge is 0.364 e. The summed E-state index contributed by atoms with van der Waals surface area (Å²) in [7, 11) is 0. The van der Waals surface area contributed by atoms with Crippen molar-refractivity contribution in [2.45, 2.75) is 373 Å². The monoisotopic (exact) mass is 1420 g/mol. The molecule has 28 heteroatoms. The minimum atomic E-state index is -3.28. The zero-order valence-corrected chi connectivity index (χ0v) is 59.1. The van der Waals surface area contributed by atoms with Crippen LogP contribution in [0.15, 0.2) is 24.3 Å². The summed E-state index contributed by atoms with van der Waals surface area (Å²) in [6, 6.07) is -2.81. The number of carboxylic acid groups (broad SMARTS) is 1. The summed E-state index contributed by atoms with van der Waals surface area (Å²) in [6.45, 7) is 0.761. The molecule has 23 atom stereocenters. The van der Waals surface area contributed by atoms with Crippen LogP contribution in [0.5, 0.6) is 0 Å². The van der Waals surface area contributed by atoms with Crippen LogP contribution in [0.4, 0.5) is 0 Å². The van der Waals surface area contributed by atoms with E-state index in [0.29, 0.717) is 12.8 Å². The number of hydrogen-bond donors (Lipinski definition) is 17. The van der Waals surface area contributed by atoms with E-state index >= 15 is 0 Å². The molecule has 4 aliphatic heterocycles. The first-order valence-electron chi connectivity index (χ1n) is 37.2. The number of aliphatic hydroxyl groups is 14. The Balaban J connectivity index is 1.45. The van der Waals surface area contributed by atoms with Crippen LogP contribution >= 0.6 is 0 Å². The topological polar surface area (TPSA) is 453 Å². The first kappa shape index (κ1) is 88.4. The Bertz CT molecular complexity index is 2210. The van der Waals surface area contributed by atoms with Crippen molar-refractivity contribution in [3.63, 3.8) is 0 Å². The van der Waals surface area contributed by atoms with E-state index in [0.717, 1.165) is 64.7 Å². The van der Waals surface area contributed by atoms with Gasteiger partial charge in [-0.3, -0.25) is 9.59 Å². The molecular formula is C71H128N2O26. The van der Waals surface area contributed by atoms with Crippen molar-refractivity contribution < 1.29 is 129 Å². The Morgan fingerprint density at radius 2 is 0.990 bits per heavy atom. The van der Waals surface area contributed by atoms with E-state index in [1.807, 2.05) is 6.08 Å². The van der Waals surface area contributed by atoms with Crippen LogP contribution < -0.4 is 10.6 Å². The van der Waals surface area contributed by atoms with Gasteiger partial charge in [0.1, 0.15) is 97.6 Å². The maximum absolute atomic E-state index is 13.6. The van der Waals surface area contributed by atoms with E-state index in [4.69, 9.17) is 37.9 Å². The normalized spacial score (nSPS) is 31.9. The second kappa shape index (κ2) is 49.7. The number of aliphatic hydroxyl groups excluding tert-OH is 14. The van der Waals surface area contributed by atoms with E-state index in [1.54, 1.807) is 6.08 Å². The van der Waals surface area contributed by atoms with Gasteiger partial charge in [0.05, 0.1) is 51.3 Å². The van der Waals surface area contributed by atoms with Crippen LogP contribution in [-0.2, 0) is 52.3 Å². The first-order valence-corrected chi connectivity index (χ1v) is 37.2. The summed E-state index contributed by atoms with van der Waals surface area (Å²) in [4.78, 5) is 39.4. The van der Waals surface area contributed by atoms with Crippen molar-refractivity contribution >= 4 is 17.8 Å². The van der Waals surface area contributed by atoms with Gasteiger partial charge in [-0.25, -0.2) is 4.79 Å². The molecule has 4 heterocycles. The third-order valence-electron chi connectivity index (χ3n) is 19.2. The molecule has 8 unspecified atom stereocenters. The number of carbonyl (C=O) groups is 3. The molecule has 0 spiro atoms.